The van der Waals surface area contributed by atoms with Crippen molar-refractivity contribution in [2.75, 3.05) is 6.26 Å². The van der Waals surface area contributed by atoms with E-state index in [1.54, 1.807) is 11.8 Å². The molecule has 0 bridgehead atoms. The van der Waals surface area contributed by atoms with Crippen LogP contribution in [0.15, 0.2) is 5.16 Å². The Hall–Kier alpha value is -0.610. The molecule has 4 heteroatoms. The number of aromatic nitrogens is 2. The fourth-order valence-corrected chi connectivity index (χ4v) is 1.83. The van der Waals surface area contributed by atoms with Gasteiger partial charge in [0.1, 0.15) is 0 Å². The summed E-state index contributed by atoms with van der Waals surface area (Å²) in [5.74, 6) is 0. The summed E-state index contributed by atoms with van der Waals surface area (Å²) in [6, 6.07) is 0. The molecule has 64 valence electrons. The fraction of sp³-hybridized carbons (Fsp3) is 0.500. The minimum Gasteiger partial charge on any atom is -0.307 e. The molecule has 0 spiro atoms. The summed E-state index contributed by atoms with van der Waals surface area (Å²) in [6.45, 7) is 3.87. The van der Waals surface area contributed by atoms with E-state index in [0.717, 1.165) is 23.9 Å². The van der Waals surface area contributed by atoms with Crippen LogP contribution in [-0.4, -0.2) is 16.2 Å². The molecule has 2 rings (SSSR count). The molecule has 1 N–H and O–H groups in total. The lowest BCUT2D eigenvalue weighted by atomic mass is 10.2. The topological polar surface area (TPSA) is 37.8 Å². The van der Waals surface area contributed by atoms with E-state index in [1.165, 1.54) is 11.3 Å². The number of aryl methyl sites for hydroxylation is 1. The SMILES string of the molecule is CSc1nc(C)c2c(n1)CNC2. The summed E-state index contributed by atoms with van der Waals surface area (Å²) in [4.78, 5) is 8.80. The molecule has 1 aliphatic heterocycles. The Morgan fingerprint density at radius 1 is 1.33 bits per heavy atom. The summed E-state index contributed by atoms with van der Waals surface area (Å²) in [7, 11) is 0. The zero-order valence-electron chi connectivity index (χ0n) is 7.22. The molecule has 0 atom stereocenters. The normalized spacial score (nSPS) is 14.8. The van der Waals surface area contributed by atoms with Crippen molar-refractivity contribution in [2.45, 2.75) is 25.2 Å². The number of hydrogen-bond acceptors (Lipinski definition) is 4. The van der Waals surface area contributed by atoms with Crippen molar-refractivity contribution in [3.05, 3.63) is 17.0 Å². The third kappa shape index (κ3) is 1.21. The Morgan fingerprint density at radius 3 is 2.92 bits per heavy atom. The Balaban J connectivity index is 2.51. The predicted molar refractivity (Wildman–Crippen MR) is 49.1 cm³/mol. The van der Waals surface area contributed by atoms with E-state index >= 15 is 0 Å². The third-order valence-electron chi connectivity index (χ3n) is 2.06. The lowest BCUT2D eigenvalue weighted by Crippen LogP contribution is -2.00. The second-order valence-corrected chi connectivity index (χ2v) is 3.60. The minimum atomic E-state index is 0.884. The molecule has 0 radical (unpaired) electrons. The number of hydrogen-bond donors (Lipinski definition) is 1. The van der Waals surface area contributed by atoms with Crippen LogP contribution in [-0.2, 0) is 13.1 Å². The first-order chi connectivity index (χ1) is 5.81. The quantitative estimate of drug-likeness (QED) is 0.520. The van der Waals surface area contributed by atoms with E-state index in [0.29, 0.717) is 0 Å². The number of rotatable bonds is 1. The Bertz CT molecular complexity index is 311. The molecule has 2 heterocycles. The van der Waals surface area contributed by atoms with Crippen LogP contribution >= 0.6 is 11.8 Å². The lowest BCUT2D eigenvalue weighted by Gasteiger charge is -2.02. The third-order valence-corrected chi connectivity index (χ3v) is 2.60. The average molecular weight is 181 g/mol. The summed E-state index contributed by atoms with van der Waals surface area (Å²) in [5.41, 5.74) is 3.58. The van der Waals surface area contributed by atoms with Gasteiger partial charge in [-0.05, 0) is 13.2 Å². The molecule has 0 saturated carbocycles. The molecular weight excluding hydrogens is 170 g/mol. The zero-order chi connectivity index (χ0) is 8.55. The first-order valence-electron chi connectivity index (χ1n) is 3.92. The van der Waals surface area contributed by atoms with Crippen LogP contribution in [0, 0.1) is 6.92 Å². The highest BCUT2D eigenvalue weighted by Gasteiger charge is 2.15. The van der Waals surface area contributed by atoms with E-state index in [2.05, 4.69) is 15.3 Å². The van der Waals surface area contributed by atoms with Crippen LogP contribution in [0.2, 0.25) is 0 Å². The van der Waals surface area contributed by atoms with Gasteiger partial charge in [0.2, 0.25) is 0 Å². The highest BCUT2D eigenvalue weighted by molar-refractivity contribution is 7.98. The maximum Gasteiger partial charge on any atom is 0.187 e. The van der Waals surface area contributed by atoms with E-state index in [9.17, 15) is 0 Å². The van der Waals surface area contributed by atoms with Gasteiger partial charge in [-0.1, -0.05) is 11.8 Å². The van der Waals surface area contributed by atoms with Gasteiger partial charge in [0.15, 0.2) is 5.16 Å². The molecule has 0 aliphatic carbocycles. The molecule has 0 fully saturated rings. The fourth-order valence-electron chi connectivity index (χ4n) is 1.40. The van der Waals surface area contributed by atoms with Crippen LogP contribution in [0.25, 0.3) is 0 Å². The van der Waals surface area contributed by atoms with Crippen molar-refractivity contribution in [1.29, 1.82) is 0 Å². The van der Waals surface area contributed by atoms with Crippen molar-refractivity contribution in [1.82, 2.24) is 15.3 Å². The predicted octanol–water partition coefficient (Wildman–Crippen LogP) is 1.11. The van der Waals surface area contributed by atoms with Gasteiger partial charge in [0.05, 0.1) is 5.69 Å². The summed E-state index contributed by atoms with van der Waals surface area (Å²) in [5, 5.41) is 4.15. The van der Waals surface area contributed by atoms with E-state index in [-0.39, 0.29) is 0 Å². The smallest absolute Gasteiger partial charge is 0.187 e. The van der Waals surface area contributed by atoms with Crippen LogP contribution in [0.4, 0.5) is 0 Å². The molecule has 1 aromatic heterocycles. The van der Waals surface area contributed by atoms with E-state index in [1.807, 2.05) is 13.2 Å². The van der Waals surface area contributed by atoms with Crippen molar-refractivity contribution in [3.8, 4) is 0 Å². The summed E-state index contributed by atoms with van der Waals surface area (Å²) in [6.07, 6.45) is 2.00. The standard InChI is InChI=1S/C8H11N3S/c1-5-6-3-9-4-7(6)11-8(10-5)12-2/h9H,3-4H2,1-2H3. The molecule has 0 amide bonds. The molecule has 12 heavy (non-hydrogen) atoms. The largest absolute Gasteiger partial charge is 0.307 e. The molecule has 3 nitrogen and oxygen atoms in total. The van der Waals surface area contributed by atoms with Gasteiger partial charge < -0.3 is 5.32 Å². The van der Waals surface area contributed by atoms with Crippen LogP contribution in [0.1, 0.15) is 17.0 Å². The van der Waals surface area contributed by atoms with Gasteiger partial charge in [-0.15, -0.1) is 0 Å². The van der Waals surface area contributed by atoms with E-state index in [4.69, 9.17) is 0 Å². The van der Waals surface area contributed by atoms with Crippen LogP contribution in [0.5, 0.6) is 0 Å². The van der Waals surface area contributed by atoms with E-state index < -0.39 is 0 Å². The van der Waals surface area contributed by atoms with Gasteiger partial charge in [-0.3, -0.25) is 0 Å². The maximum atomic E-state index is 4.42. The first-order valence-corrected chi connectivity index (χ1v) is 5.15. The molecule has 1 aromatic rings. The Morgan fingerprint density at radius 2 is 2.17 bits per heavy atom. The minimum absolute atomic E-state index is 0.884. The van der Waals surface area contributed by atoms with Crippen LogP contribution < -0.4 is 5.32 Å². The second-order valence-electron chi connectivity index (χ2n) is 2.82. The average Bonchev–Trinajstić information content (AvgIpc) is 2.52. The maximum absolute atomic E-state index is 4.42. The highest BCUT2D eigenvalue weighted by Crippen LogP contribution is 2.19. The number of nitrogens with zero attached hydrogens (tertiary/aromatic N) is 2. The summed E-state index contributed by atoms with van der Waals surface area (Å²) < 4.78 is 0. The number of thioether (sulfide) groups is 1. The van der Waals surface area contributed by atoms with Crippen molar-refractivity contribution < 1.29 is 0 Å². The molecular formula is C8H11N3S. The zero-order valence-corrected chi connectivity index (χ0v) is 8.03. The van der Waals surface area contributed by atoms with Gasteiger partial charge in [0.25, 0.3) is 0 Å². The monoisotopic (exact) mass is 181 g/mol. The Kier molecular flexibility index (Phi) is 2.02. The van der Waals surface area contributed by atoms with Crippen molar-refractivity contribution in [3.63, 3.8) is 0 Å². The van der Waals surface area contributed by atoms with Gasteiger partial charge in [0, 0.05) is 24.3 Å². The lowest BCUT2D eigenvalue weighted by molar-refractivity contribution is 0.754. The van der Waals surface area contributed by atoms with Crippen molar-refractivity contribution in [2.24, 2.45) is 0 Å². The van der Waals surface area contributed by atoms with Crippen molar-refractivity contribution >= 4 is 11.8 Å². The van der Waals surface area contributed by atoms with Gasteiger partial charge >= 0.3 is 0 Å². The molecule has 0 unspecified atom stereocenters. The van der Waals surface area contributed by atoms with Gasteiger partial charge in [-0.25, -0.2) is 9.97 Å². The highest BCUT2D eigenvalue weighted by atomic mass is 32.2. The summed E-state index contributed by atoms with van der Waals surface area (Å²) >= 11 is 1.60. The first kappa shape index (κ1) is 8.01. The number of nitrogens with one attached hydrogen (secondary N) is 1. The van der Waals surface area contributed by atoms with Gasteiger partial charge in [-0.2, -0.15) is 0 Å². The molecule has 1 aliphatic rings. The molecule has 0 aromatic carbocycles. The Labute approximate surface area is 76.0 Å². The second kappa shape index (κ2) is 3.03. The molecule has 0 saturated heterocycles. The number of fused-ring (bicyclic) bond motifs is 1. The van der Waals surface area contributed by atoms with Crippen LogP contribution in [0.3, 0.4) is 0 Å².